The predicted molar refractivity (Wildman–Crippen MR) is 79.5 cm³/mol. The second-order valence-corrected chi connectivity index (χ2v) is 4.82. The topological polar surface area (TPSA) is 55.1 Å². The van der Waals surface area contributed by atoms with Crippen molar-refractivity contribution >= 4 is 5.91 Å². The van der Waals surface area contributed by atoms with Gasteiger partial charge in [0.2, 0.25) is 5.89 Å². The van der Waals surface area contributed by atoms with Gasteiger partial charge in [-0.1, -0.05) is 24.3 Å². The fourth-order valence-corrected chi connectivity index (χ4v) is 2.02. The molecule has 1 amide bonds. The van der Waals surface area contributed by atoms with Gasteiger partial charge in [0, 0.05) is 23.7 Å². The molecule has 0 saturated heterocycles. The number of hydrogen-bond acceptors (Lipinski definition) is 3. The van der Waals surface area contributed by atoms with Crippen LogP contribution < -0.4 is 5.32 Å². The largest absolute Gasteiger partial charge is 0.444 e. The monoisotopic (exact) mass is 314 g/mol. The number of aromatic nitrogens is 1. The standard InChI is InChI=1S/C17H12F2N2O2/c18-13-7-6-12(14(19)8-13)9-20-16(22)15-10-23-17(21-15)11-4-2-1-3-5-11/h1-8,10H,9H2,(H,20,22). The summed E-state index contributed by atoms with van der Waals surface area (Å²) in [6.45, 7) is -0.0710. The molecule has 1 N–H and O–H groups in total. The van der Waals surface area contributed by atoms with E-state index in [0.717, 1.165) is 17.7 Å². The second-order valence-electron chi connectivity index (χ2n) is 4.82. The molecule has 116 valence electrons. The zero-order chi connectivity index (χ0) is 16.2. The number of rotatable bonds is 4. The second kappa shape index (κ2) is 6.39. The highest BCUT2D eigenvalue weighted by atomic mass is 19.1. The molecule has 2 aromatic carbocycles. The van der Waals surface area contributed by atoms with Gasteiger partial charge in [0.1, 0.15) is 17.9 Å². The van der Waals surface area contributed by atoms with Crippen LogP contribution in [0.1, 0.15) is 16.1 Å². The molecule has 0 bridgehead atoms. The fraction of sp³-hybridized carbons (Fsp3) is 0.0588. The van der Waals surface area contributed by atoms with E-state index in [9.17, 15) is 13.6 Å². The molecule has 0 atom stereocenters. The van der Waals surface area contributed by atoms with Crippen LogP contribution in [-0.2, 0) is 6.54 Å². The van der Waals surface area contributed by atoms with E-state index in [-0.39, 0.29) is 17.8 Å². The zero-order valence-corrected chi connectivity index (χ0v) is 11.9. The minimum absolute atomic E-state index is 0.0710. The van der Waals surface area contributed by atoms with Crippen molar-refractivity contribution in [2.24, 2.45) is 0 Å². The van der Waals surface area contributed by atoms with Crippen LogP contribution in [0.3, 0.4) is 0 Å². The van der Waals surface area contributed by atoms with Gasteiger partial charge in [0.15, 0.2) is 5.69 Å². The van der Waals surface area contributed by atoms with E-state index >= 15 is 0 Å². The van der Waals surface area contributed by atoms with Gasteiger partial charge in [0.25, 0.3) is 5.91 Å². The van der Waals surface area contributed by atoms with Gasteiger partial charge in [-0.2, -0.15) is 0 Å². The average Bonchev–Trinajstić information content (AvgIpc) is 3.05. The van der Waals surface area contributed by atoms with Crippen molar-refractivity contribution in [3.63, 3.8) is 0 Å². The summed E-state index contributed by atoms with van der Waals surface area (Å²) in [6, 6.07) is 12.3. The number of halogens is 2. The Bertz CT molecular complexity index is 832. The Hall–Kier alpha value is -3.02. The number of benzene rings is 2. The lowest BCUT2D eigenvalue weighted by Gasteiger charge is -2.04. The van der Waals surface area contributed by atoms with Gasteiger partial charge in [-0.15, -0.1) is 0 Å². The lowest BCUT2D eigenvalue weighted by atomic mass is 10.2. The molecule has 23 heavy (non-hydrogen) atoms. The number of amides is 1. The molecule has 3 aromatic rings. The third kappa shape index (κ3) is 3.42. The first-order chi connectivity index (χ1) is 11.1. The van der Waals surface area contributed by atoms with E-state index in [2.05, 4.69) is 10.3 Å². The van der Waals surface area contributed by atoms with E-state index in [1.807, 2.05) is 18.2 Å². The van der Waals surface area contributed by atoms with Crippen LogP contribution >= 0.6 is 0 Å². The lowest BCUT2D eigenvalue weighted by Crippen LogP contribution is -2.23. The third-order valence-electron chi connectivity index (χ3n) is 3.21. The van der Waals surface area contributed by atoms with Crippen LogP contribution in [0.4, 0.5) is 8.78 Å². The van der Waals surface area contributed by atoms with Crippen LogP contribution in [0, 0.1) is 11.6 Å². The molecule has 0 aliphatic heterocycles. The predicted octanol–water partition coefficient (Wildman–Crippen LogP) is 3.55. The van der Waals surface area contributed by atoms with Crippen molar-refractivity contribution in [1.29, 1.82) is 0 Å². The number of nitrogens with one attached hydrogen (secondary N) is 1. The maximum absolute atomic E-state index is 13.5. The molecule has 0 aliphatic rings. The van der Waals surface area contributed by atoms with E-state index in [0.29, 0.717) is 5.89 Å². The SMILES string of the molecule is O=C(NCc1ccc(F)cc1F)c1coc(-c2ccccc2)n1. The maximum Gasteiger partial charge on any atom is 0.273 e. The van der Waals surface area contributed by atoms with Gasteiger partial charge in [0.05, 0.1) is 0 Å². The Morgan fingerprint density at radius 1 is 1.13 bits per heavy atom. The fourth-order valence-electron chi connectivity index (χ4n) is 2.02. The Labute approximate surface area is 130 Å². The molecule has 4 nitrogen and oxygen atoms in total. The van der Waals surface area contributed by atoms with Crippen LogP contribution in [0.15, 0.2) is 59.2 Å². The maximum atomic E-state index is 13.5. The molecule has 0 spiro atoms. The van der Waals surface area contributed by atoms with Crippen molar-refractivity contribution in [3.05, 3.63) is 77.7 Å². The quantitative estimate of drug-likeness (QED) is 0.801. The molecule has 0 radical (unpaired) electrons. The number of nitrogens with zero attached hydrogens (tertiary/aromatic N) is 1. The minimum Gasteiger partial charge on any atom is -0.444 e. The van der Waals surface area contributed by atoms with Crippen molar-refractivity contribution in [2.75, 3.05) is 0 Å². The summed E-state index contributed by atoms with van der Waals surface area (Å²) >= 11 is 0. The van der Waals surface area contributed by atoms with E-state index in [4.69, 9.17) is 4.42 Å². The zero-order valence-electron chi connectivity index (χ0n) is 11.9. The van der Waals surface area contributed by atoms with E-state index in [1.54, 1.807) is 12.1 Å². The molecule has 6 heteroatoms. The number of oxazole rings is 1. The number of carbonyl (C=O) groups is 1. The highest BCUT2D eigenvalue weighted by Crippen LogP contribution is 2.18. The van der Waals surface area contributed by atoms with Crippen molar-refractivity contribution in [3.8, 4) is 11.5 Å². The molecule has 3 rings (SSSR count). The molecule has 0 unspecified atom stereocenters. The van der Waals surface area contributed by atoms with Crippen LogP contribution in [-0.4, -0.2) is 10.9 Å². The molecule has 0 aliphatic carbocycles. The normalized spacial score (nSPS) is 10.5. The third-order valence-corrected chi connectivity index (χ3v) is 3.21. The summed E-state index contributed by atoms with van der Waals surface area (Å²) in [5.74, 6) is -1.56. The van der Waals surface area contributed by atoms with Gasteiger partial charge < -0.3 is 9.73 Å². The summed E-state index contributed by atoms with van der Waals surface area (Å²) in [4.78, 5) is 16.1. The lowest BCUT2D eigenvalue weighted by molar-refractivity contribution is 0.0945. The smallest absolute Gasteiger partial charge is 0.273 e. The average molecular weight is 314 g/mol. The number of carbonyl (C=O) groups excluding carboxylic acids is 1. The van der Waals surface area contributed by atoms with E-state index < -0.39 is 17.5 Å². The van der Waals surface area contributed by atoms with Gasteiger partial charge in [-0.05, 0) is 18.2 Å². The Morgan fingerprint density at radius 2 is 1.91 bits per heavy atom. The molecular weight excluding hydrogens is 302 g/mol. The van der Waals surface area contributed by atoms with Crippen molar-refractivity contribution in [2.45, 2.75) is 6.54 Å². The van der Waals surface area contributed by atoms with Crippen molar-refractivity contribution in [1.82, 2.24) is 10.3 Å². The van der Waals surface area contributed by atoms with Gasteiger partial charge >= 0.3 is 0 Å². The highest BCUT2D eigenvalue weighted by molar-refractivity contribution is 5.92. The number of hydrogen-bond donors (Lipinski definition) is 1. The first-order valence-corrected chi connectivity index (χ1v) is 6.86. The highest BCUT2D eigenvalue weighted by Gasteiger charge is 2.14. The Kier molecular flexibility index (Phi) is 4.14. The first-order valence-electron chi connectivity index (χ1n) is 6.86. The van der Waals surface area contributed by atoms with Crippen molar-refractivity contribution < 1.29 is 18.0 Å². The summed E-state index contributed by atoms with van der Waals surface area (Å²) in [7, 11) is 0. The summed E-state index contributed by atoms with van der Waals surface area (Å²) in [5, 5.41) is 2.52. The Balaban J connectivity index is 1.68. The summed E-state index contributed by atoms with van der Waals surface area (Å²) in [5.41, 5.74) is 1.02. The molecule has 0 saturated carbocycles. The van der Waals surface area contributed by atoms with Gasteiger partial charge in [-0.25, -0.2) is 13.8 Å². The van der Waals surface area contributed by atoms with Gasteiger partial charge in [-0.3, -0.25) is 4.79 Å². The Morgan fingerprint density at radius 3 is 2.65 bits per heavy atom. The van der Waals surface area contributed by atoms with Crippen LogP contribution in [0.5, 0.6) is 0 Å². The molecular formula is C17H12F2N2O2. The molecule has 1 heterocycles. The molecule has 0 fully saturated rings. The first kappa shape index (κ1) is 14.9. The summed E-state index contributed by atoms with van der Waals surface area (Å²) in [6.07, 6.45) is 1.23. The minimum atomic E-state index is -0.713. The van der Waals surface area contributed by atoms with E-state index in [1.165, 1.54) is 12.3 Å². The van der Waals surface area contributed by atoms with Crippen LogP contribution in [0.2, 0.25) is 0 Å². The van der Waals surface area contributed by atoms with Crippen LogP contribution in [0.25, 0.3) is 11.5 Å². The summed E-state index contributed by atoms with van der Waals surface area (Å²) < 4.78 is 31.6. The molecule has 1 aromatic heterocycles.